The van der Waals surface area contributed by atoms with Crippen molar-refractivity contribution in [2.24, 2.45) is 5.11 Å². The minimum absolute atomic E-state index is 0.0390. The maximum Gasteiger partial charge on any atom is 0.253 e. The van der Waals surface area contributed by atoms with Gasteiger partial charge < -0.3 is 4.90 Å². The summed E-state index contributed by atoms with van der Waals surface area (Å²) in [7, 11) is 0. The van der Waals surface area contributed by atoms with Gasteiger partial charge in [-0.05, 0) is 37.4 Å². The van der Waals surface area contributed by atoms with Gasteiger partial charge in [-0.1, -0.05) is 22.8 Å². The lowest BCUT2D eigenvalue weighted by Crippen LogP contribution is -2.39. The number of carbonyl (C=O) groups excluding carboxylic acids is 1. The highest BCUT2D eigenvalue weighted by molar-refractivity contribution is 5.94. The van der Waals surface area contributed by atoms with E-state index in [1.54, 1.807) is 0 Å². The minimum Gasteiger partial charge on any atom is -0.339 e. The van der Waals surface area contributed by atoms with Crippen molar-refractivity contribution in [3.8, 4) is 0 Å². The molecule has 0 unspecified atom stereocenters. The van der Waals surface area contributed by atoms with E-state index in [1.165, 1.54) is 0 Å². The summed E-state index contributed by atoms with van der Waals surface area (Å²) >= 11 is 0. The van der Waals surface area contributed by atoms with Crippen LogP contribution in [0, 0.1) is 6.92 Å². The SMILES string of the molecule is Cc1ccc(C(=O)N2CCC(N=[N+]=[N-])CC2)cc1. The molecule has 0 saturated carbocycles. The maximum absolute atomic E-state index is 12.2. The first-order valence-electron chi connectivity index (χ1n) is 6.11. The number of aryl methyl sites for hydroxylation is 1. The summed E-state index contributed by atoms with van der Waals surface area (Å²) in [6.07, 6.45) is 1.50. The molecule has 0 bridgehead atoms. The Balaban J connectivity index is 1.99. The van der Waals surface area contributed by atoms with Gasteiger partial charge in [-0.15, -0.1) is 0 Å². The van der Waals surface area contributed by atoms with Gasteiger partial charge in [0, 0.05) is 29.6 Å². The Kier molecular flexibility index (Phi) is 3.85. The number of rotatable bonds is 2. The molecule has 0 aliphatic carbocycles. The third-order valence-electron chi connectivity index (χ3n) is 3.27. The standard InChI is InChI=1S/C13H16N4O/c1-10-2-4-11(5-3-10)13(18)17-8-6-12(7-9-17)15-16-14/h2-5,12H,6-9H2,1H3. The highest BCUT2D eigenvalue weighted by Crippen LogP contribution is 2.16. The quantitative estimate of drug-likeness (QED) is 0.448. The van der Waals surface area contributed by atoms with Crippen molar-refractivity contribution in [3.63, 3.8) is 0 Å². The predicted octanol–water partition coefficient (Wildman–Crippen LogP) is 2.91. The van der Waals surface area contributed by atoms with Crippen LogP contribution in [0.5, 0.6) is 0 Å². The molecule has 1 aromatic carbocycles. The lowest BCUT2D eigenvalue weighted by atomic mass is 10.0. The van der Waals surface area contributed by atoms with Gasteiger partial charge in [0.1, 0.15) is 0 Å². The second-order valence-corrected chi connectivity index (χ2v) is 4.59. The van der Waals surface area contributed by atoms with E-state index in [0.717, 1.165) is 24.0 Å². The van der Waals surface area contributed by atoms with Crippen molar-refractivity contribution in [2.75, 3.05) is 13.1 Å². The minimum atomic E-state index is 0.0390. The molecule has 1 amide bonds. The molecule has 2 rings (SSSR count). The first-order valence-corrected chi connectivity index (χ1v) is 6.11. The van der Waals surface area contributed by atoms with Gasteiger partial charge >= 0.3 is 0 Å². The summed E-state index contributed by atoms with van der Waals surface area (Å²) in [5.74, 6) is 0.0642. The third-order valence-corrected chi connectivity index (χ3v) is 3.27. The van der Waals surface area contributed by atoms with Crippen molar-refractivity contribution in [1.29, 1.82) is 0 Å². The zero-order valence-electron chi connectivity index (χ0n) is 10.4. The number of likely N-dealkylation sites (tertiary alicyclic amines) is 1. The fourth-order valence-corrected chi connectivity index (χ4v) is 2.14. The molecule has 1 heterocycles. The molecule has 5 heteroatoms. The topological polar surface area (TPSA) is 69.1 Å². The summed E-state index contributed by atoms with van der Waals surface area (Å²) < 4.78 is 0. The number of carbonyl (C=O) groups is 1. The normalized spacial score (nSPS) is 16.2. The Bertz CT molecular complexity index is 468. The molecular weight excluding hydrogens is 228 g/mol. The van der Waals surface area contributed by atoms with E-state index in [1.807, 2.05) is 36.1 Å². The largest absolute Gasteiger partial charge is 0.339 e. The number of azide groups is 1. The van der Waals surface area contributed by atoms with E-state index >= 15 is 0 Å². The van der Waals surface area contributed by atoms with Crippen LogP contribution in [-0.4, -0.2) is 29.9 Å². The predicted molar refractivity (Wildman–Crippen MR) is 69.3 cm³/mol. The molecular formula is C13H16N4O. The Morgan fingerprint density at radius 2 is 1.94 bits per heavy atom. The maximum atomic E-state index is 12.2. The molecule has 1 saturated heterocycles. The molecule has 0 spiro atoms. The van der Waals surface area contributed by atoms with Crippen LogP contribution < -0.4 is 0 Å². The zero-order valence-corrected chi connectivity index (χ0v) is 10.4. The molecule has 1 aliphatic rings. The molecule has 0 N–H and O–H groups in total. The van der Waals surface area contributed by atoms with Gasteiger partial charge in [-0.25, -0.2) is 0 Å². The van der Waals surface area contributed by atoms with Crippen molar-refractivity contribution in [1.82, 2.24) is 4.90 Å². The van der Waals surface area contributed by atoms with Gasteiger partial charge in [0.25, 0.3) is 5.91 Å². The van der Waals surface area contributed by atoms with Crippen LogP contribution in [0.4, 0.5) is 0 Å². The average Bonchev–Trinajstić information content (AvgIpc) is 2.40. The van der Waals surface area contributed by atoms with Gasteiger partial charge in [0.2, 0.25) is 0 Å². The van der Waals surface area contributed by atoms with Crippen molar-refractivity contribution in [2.45, 2.75) is 25.8 Å². The zero-order chi connectivity index (χ0) is 13.0. The molecule has 1 aliphatic heterocycles. The van der Waals surface area contributed by atoms with Crippen molar-refractivity contribution in [3.05, 3.63) is 45.8 Å². The molecule has 1 fully saturated rings. The Morgan fingerprint density at radius 1 is 1.33 bits per heavy atom. The van der Waals surface area contributed by atoms with E-state index in [-0.39, 0.29) is 11.9 Å². The summed E-state index contributed by atoms with van der Waals surface area (Å²) in [6, 6.07) is 7.64. The fraction of sp³-hybridized carbons (Fsp3) is 0.462. The summed E-state index contributed by atoms with van der Waals surface area (Å²) in [4.78, 5) is 16.8. The monoisotopic (exact) mass is 244 g/mol. The van der Waals surface area contributed by atoms with E-state index < -0.39 is 0 Å². The molecule has 94 valence electrons. The lowest BCUT2D eigenvalue weighted by molar-refractivity contribution is 0.0714. The van der Waals surface area contributed by atoms with Crippen LogP contribution in [0.1, 0.15) is 28.8 Å². The van der Waals surface area contributed by atoms with E-state index in [4.69, 9.17) is 5.53 Å². The van der Waals surface area contributed by atoms with Gasteiger partial charge in [-0.2, -0.15) is 0 Å². The Hall–Kier alpha value is -2.00. The van der Waals surface area contributed by atoms with E-state index in [0.29, 0.717) is 13.1 Å². The lowest BCUT2D eigenvalue weighted by Gasteiger charge is -2.30. The molecule has 18 heavy (non-hydrogen) atoms. The van der Waals surface area contributed by atoms with Crippen molar-refractivity contribution >= 4 is 5.91 Å². The highest BCUT2D eigenvalue weighted by Gasteiger charge is 2.22. The number of piperidine rings is 1. The second-order valence-electron chi connectivity index (χ2n) is 4.59. The number of benzene rings is 1. The van der Waals surface area contributed by atoms with E-state index in [2.05, 4.69) is 10.0 Å². The molecule has 0 radical (unpaired) electrons. The van der Waals surface area contributed by atoms with Crippen LogP contribution in [-0.2, 0) is 0 Å². The number of hydrogen-bond acceptors (Lipinski definition) is 2. The molecule has 0 aromatic heterocycles. The third kappa shape index (κ3) is 2.81. The Labute approximate surface area is 106 Å². The van der Waals surface area contributed by atoms with E-state index in [9.17, 15) is 4.79 Å². The van der Waals surface area contributed by atoms with Gasteiger partial charge in [0.15, 0.2) is 0 Å². The van der Waals surface area contributed by atoms with Gasteiger partial charge in [-0.3, -0.25) is 4.79 Å². The molecule has 1 aromatic rings. The number of nitrogens with zero attached hydrogens (tertiary/aromatic N) is 4. The molecule has 5 nitrogen and oxygen atoms in total. The van der Waals surface area contributed by atoms with Gasteiger partial charge in [0.05, 0.1) is 0 Å². The second kappa shape index (κ2) is 5.56. The highest BCUT2D eigenvalue weighted by atomic mass is 16.2. The smallest absolute Gasteiger partial charge is 0.253 e. The van der Waals surface area contributed by atoms with Crippen LogP contribution in [0.3, 0.4) is 0 Å². The number of amides is 1. The van der Waals surface area contributed by atoms with Crippen LogP contribution in [0.15, 0.2) is 29.4 Å². The molecule has 0 atom stereocenters. The fourth-order valence-electron chi connectivity index (χ4n) is 2.14. The van der Waals surface area contributed by atoms with Crippen molar-refractivity contribution < 1.29 is 4.79 Å². The summed E-state index contributed by atoms with van der Waals surface area (Å²) in [6.45, 7) is 3.33. The van der Waals surface area contributed by atoms with Crippen LogP contribution in [0.2, 0.25) is 0 Å². The number of hydrogen-bond donors (Lipinski definition) is 0. The van der Waals surface area contributed by atoms with Crippen LogP contribution >= 0.6 is 0 Å². The summed E-state index contributed by atoms with van der Waals surface area (Å²) in [5.41, 5.74) is 10.2. The first kappa shape index (κ1) is 12.5. The van der Waals surface area contributed by atoms with Crippen LogP contribution in [0.25, 0.3) is 10.4 Å². The summed E-state index contributed by atoms with van der Waals surface area (Å²) in [5, 5.41) is 3.70. The first-order chi connectivity index (χ1) is 8.70. The Morgan fingerprint density at radius 3 is 2.50 bits per heavy atom. The average molecular weight is 244 g/mol.